The van der Waals surface area contributed by atoms with E-state index >= 15 is 0 Å². The average molecular weight is 243 g/mol. The predicted molar refractivity (Wildman–Crippen MR) is 71.3 cm³/mol. The second-order valence-corrected chi connectivity index (χ2v) is 3.94. The van der Waals surface area contributed by atoms with Gasteiger partial charge in [0.05, 0.1) is 12.2 Å². The van der Waals surface area contributed by atoms with Crippen LogP contribution in [0.15, 0.2) is 30.5 Å². The van der Waals surface area contributed by atoms with Gasteiger partial charge in [-0.25, -0.2) is 9.97 Å². The number of aryl methyl sites for hydroxylation is 1. The summed E-state index contributed by atoms with van der Waals surface area (Å²) in [6.07, 6.45) is 1.78. The van der Waals surface area contributed by atoms with Crippen molar-refractivity contribution in [3.8, 4) is 17.1 Å². The molecule has 0 amide bonds. The Kier molecular flexibility index (Phi) is 3.89. The van der Waals surface area contributed by atoms with Gasteiger partial charge >= 0.3 is 0 Å². The first kappa shape index (κ1) is 12.5. The number of benzene rings is 1. The molecular formula is C14H17N3O. The molecule has 0 saturated heterocycles. The number of aromatic nitrogens is 2. The highest BCUT2D eigenvalue weighted by Gasteiger charge is 2.09. The molecule has 1 heterocycles. The van der Waals surface area contributed by atoms with E-state index in [1.54, 1.807) is 6.20 Å². The van der Waals surface area contributed by atoms with Gasteiger partial charge in [-0.3, -0.25) is 0 Å². The maximum Gasteiger partial charge on any atom is 0.163 e. The van der Waals surface area contributed by atoms with E-state index in [0.717, 1.165) is 22.6 Å². The molecule has 4 heteroatoms. The number of nitrogens with zero attached hydrogens (tertiary/aromatic N) is 2. The number of rotatable bonds is 4. The zero-order chi connectivity index (χ0) is 13.0. The first-order valence-electron chi connectivity index (χ1n) is 6.01. The standard InChI is InChI=1S/C14H17N3O/c1-3-18-13-7-5-4-6-12(13)14-16-9-11(8-15)10(2)17-14/h4-7,9H,3,8,15H2,1-2H3. The Hall–Kier alpha value is -1.94. The third-order valence-corrected chi connectivity index (χ3v) is 2.73. The second kappa shape index (κ2) is 5.60. The molecule has 2 aromatic rings. The fourth-order valence-electron chi connectivity index (χ4n) is 1.75. The minimum Gasteiger partial charge on any atom is -0.493 e. The third-order valence-electron chi connectivity index (χ3n) is 2.73. The van der Waals surface area contributed by atoms with Crippen molar-refractivity contribution in [2.75, 3.05) is 6.61 Å². The van der Waals surface area contributed by atoms with Gasteiger partial charge in [0.2, 0.25) is 0 Å². The molecule has 0 bridgehead atoms. The van der Waals surface area contributed by atoms with Crippen LogP contribution in [0.1, 0.15) is 18.2 Å². The van der Waals surface area contributed by atoms with Crippen LogP contribution in [-0.4, -0.2) is 16.6 Å². The Morgan fingerprint density at radius 3 is 2.72 bits per heavy atom. The van der Waals surface area contributed by atoms with Crippen molar-refractivity contribution in [1.82, 2.24) is 9.97 Å². The summed E-state index contributed by atoms with van der Waals surface area (Å²) in [6, 6.07) is 7.78. The largest absolute Gasteiger partial charge is 0.493 e. The smallest absolute Gasteiger partial charge is 0.163 e. The molecule has 0 aliphatic heterocycles. The van der Waals surface area contributed by atoms with E-state index in [0.29, 0.717) is 19.0 Å². The van der Waals surface area contributed by atoms with Gasteiger partial charge in [0.15, 0.2) is 5.82 Å². The molecule has 0 atom stereocenters. The molecule has 2 rings (SSSR count). The van der Waals surface area contributed by atoms with Gasteiger partial charge in [-0.05, 0) is 26.0 Å². The van der Waals surface area contributed by atoms with Crippen LogP contribution >= 0.6 is 0 Å². The van der Waals surface area contributed by atoms with Crippen molar-refractivity contribution >= 4 is 0 Å². The lowest BCUT2D eigenvalue weighted by molar-refractivity contribution is 0.341. The summed E-state index contributed by atoms with van der Waals surface area (Å²) in [5.41, 5.74) is 8.40. The first-order valence-corrected chi connectivity index (χ1v) is 6.01. The van der Waals surface area contributed by atoms with Crippen molar-refractivity contribution < 1.29 is 4.74 Å². The van der Waals surface area contributed by atoms with Crippen molar-refractivity contribution in [2.24, 2.45) is 5.73 Å². The van der Waals surface area contributed by atoms with E-state index in [1.165, 1.54) is 0 Å². The topological polar surface area (TPSA) is 61.0 Å². The number of hydrogen-bond donors (Lipinski definition) is 1. The highest BCUT2D eigenvalue weighted by molar-refractivity contribution is 5.64. The highest BCUT2D eigenvalue weighted by Crippen LogP contribution is 2.27. The number of nitrogens with two attached hydrogens (primary N) is 1. The molecule has 0 saturated carbocycles. The first-order chi connectivity index (χ1) is 8.76. The molecule has 1 aromatic carbocycles. The molecular weight excluding hydrogens is 226 g/mol. The van der Waals surface area contributed by atoms with E-state index < -0.39 is 0 Å². The summed E-state index contributed by atoms with van der Waals surface area (Å²) < 4.78 is 5.58. The predicted octanol–water partition coefficient (Wildman–Crippen LogP) is 2.31. The van der Waals surface area contributed by atoms with E-state index in [1.807, 2.05) is 38.1 Å². The van der Waals surface area contributed by atoms with E-state index in [2.05, 4.69) is 9.97 Å². The highest BCUT2D eigenvalue weighted by atomic mass is 16.5. The van der Waals surface area contributed by atoms with Gasteiger partial charge < -0.3 is 10.5 Å². The van der Waals surface area contributed by atoms with Gasteiger partial charge in [-0.2, -0.15) is 0 Å². The van der Waals surface area contributed by atoms with Crippen molar-refractivity contribution in [2.45, 2.75) is 20.4 Å². The summed E-state index contributed by atoms with van der Waals surface area (Å²) in [7, 11) is 0. The summed E-state index contributed by atoms with van der Waals surface area (Å²) >= 11 is 0. The summed E-state index contributed by atoms with van der Waals surface area (Å²) in [6.45, 7) is 4.98. The van der Waals surface area contributed by atoms with Crippen LogP contribution in [0.2, 0.25) is 0 Å². The lowest BCUT2D eigenvalue weighted by Gasteiger charge is -2.10. The minimum atomic E-state index is 0.458. The third kappa shape index (κ3) is 2.49. The Bertz CT molecular complexity index is 540. The van der Waals surface area contributed by atoms with Crippen LogP contribution in [0.5, 0.6) is 5.75 Å². The molecule has 0 aliphatic carbocycles. The summed E-state index contributed by atoms with van der Waals surface area (Å²) in [4.78, 5) is 8.84. The SMILES string of the molecule is CCOc1ccccc1-c1ncc(CN)c(C)n1. The van der Waals surface area contributed by atoms with Gasteiger partial charge in [0, 0.05) is 24.0 Å². The van der Waals surface area contributed by atoms with E-state index in [-0.39, 0.29) is 0 Å². The van der Waals surface area contributed by atoms with Crippen molar-refractivity contribution in [3.63, 3.8) is 0 Å². The second-order valence-electron chi connectivity index (χ2n) is 3.94. The molecule has 0 unspecified atom stereocenters. The average Bonchev–Trinajstić information content (AvgIpc) is 2.40. The molecule has 18 heavy (non-hydrogen) atoms. The molecule has 0 fully saturated rings. The van der Waals surface area contributed by atoms with Gasteiger partial charge in [0.25, 0.3) is 0 Å². The fraction of sp³-hybridized carbons (Fsp3) is 0.286. The Balaban J connectivity index is 2.45. The molecule has 94 valence electrons. The maximum absolute atomic E-state index is 5.61. The number of para-hydroxylation sites is 1. The van der Waals surface area contributed by atoms with E-state index in [4.69, 9.17) is 10.5 Å². The Labute approximate surface area is 107 Å². The van der Waals surface area contributed by atoms with Crippen molar-refractivity contribution in [3.05, 3.63) is 41.7 Å². The van der Waals surface area contributed by atoms with Crippen molar-refractivity contribution in [1.29, 1.82) is 0 Å². The van der Waals surface area contributed by atoms with Crippen LogP contribution in [0, 0.1) is 6.92 Å². The monoisotopic (exact) mass is 243 g/mol. The van der Waals surface area contributed by atoms with Crippen LogP contribution in [-0.2, 0) is 6.54 Å². The minimum absolute atomic E-state index is 0.458. The maximum atomic E-state index is 5.61. The zero-order valence-corrected chi connectivity index (χ0v) is 10.7. The summed E-state index contributed by atoms with van der Waals surface area (Å²) in [5.74, 6) is 1.48. The fourth-order valence-corrected chi connectivity index (χ4v) is 1.75. The molecule has 0 aliphatic rings. The number of ether oxygens (including phenoxy) is 1. The van der Waals surface area contributed by atoms with Crippen LogP contribution in [0.25, 0.3) is 11.4 Å². The normalized spacial score (nSPS) is 10.4. The molecule has 2 N–H and O–H groups in total. The quantitative estimate of drug-likeness (QED) is 0.895. The Morgan fingerprint density at radius 2 is 2.06 bits per heavy atom. The van der Waals surface area contributed by atoms with Crippen LogP contribution < -0.4 is 10.5 Å². The summed E-state index contributed by atoms with van der Waals surface area (Å²) in [5, 5.41) is 0. The number of hydrogen-bond acceptors (Lipinski definition) is 4. The van der Waals surface area contributed by atoms with Crippen LogP contribution in [0.4, 0.5) is 0 Å². The molecule has 4 nitrogen and oxygen atoms in total. The lowest BCUT2D eigenvalue weighted by Crippen LogP contribution is -2.04. The Morgan fingerprint density at radius 1 is 1.28 bits per heavy atom. The molecule has 0 radical (unpaired) electrons. The van der Waals surface area contributed by atoms with Gasteiger partial charge in [0.1, 0.15) is 5.75 Å². The molecule has 0 spiro atoms. The van der Waals surface area contributed by atoms with Gasteiger partial charge in [-0.1, -0.05) is 12.1 Å². The van der Waals surface area contributed by atoms with Gasteiger partial charge in [-0.15, -0.1) is 0 Å². The zero-order valence-electron chi connectivity index (χ0n) is 10.7. The molecule has 1 aromatic heterocycles. The van der Waals surface area contributed by atoms with E-state index in [9.17, 15) is 0 Å². The van der Waals surface area contributed by atoms with Crippen LogP contribution in [0.3, 0.4) is 0 Å². The lowest BCUT2D eigenvalue weighted by atomic mass is 10.1.